The summed E-state index contributed by atoms with van der Waals surface area (Å²) in [7, 11) is 0. The van der Waals surface area contributed by atoms with E-state index in [4.69, 9.17) is 5.73 Å². The third-order valence-electron chi connectivity index (χ3n) is 3.53. The fourth-order valence-electron chi connectivity index (χ4n) is 2.36. The van der Waals surface area contributed by atoms with Crippen LogP contribution in [0.15, 0.2) is 55.1 Å². The smallest absolute Gasteiger partial charge is 0.274 e. The van der Waals surface area contributed by atoms with Crippen LogP contribution in [0.1, 0.15) is 27.7 Å². The van der Waals surface area contributed by atoms with Gasteiger partial charge >= 0.3 is 0 Å². The Balaban J connectivity index is 2.02. The van der Waals surface area contributed by atoms with E-state index in [-0.39, 0.29) is 17.1 Å². The zero-order chi connectivity index (χ0) is 17.8. The highest BCUT2D eigenvalue weighted by molar-refractivity contribution is 5.96. The fraction of sp³-hybridized carbons (Fsp3) is 0.0588. The Bertz CT molecular complexity index is 905. The van der Waals surface area contributed by atoms with Crippen molar-refractivity contribution in [1.29, 1.82) is 0 Å². The van der Waals surface area contributed by atoms with Crippen LogP contribution in [0.4, 0.5) is 14.6 Å². The molecule has 0 fully saturated rings. The van der Waals surface area contributed by atoms with Crippen LogP contribution in [0.5, 0.6) is 0 Å². The summed E-state index contributed by atoms with van der Waals surface area (Å²) in [5.41, 5.74) is 6.05. The summed E-state index contributed by atoms with van der Waals surface area (Å²) in [5.74, 6) is -2.00. The molecule has 2 heterocycles. The van der Waals surface area contributed by atoms with Gasteiger partial charge in [-0.2, -0.15) is 0 Å². The molecule has 0 saturated heterocycles. The highest BCUT2D eigenvalue weighted by Crippen LogP contribution is 2.25. The van der Waals surface area contributed by atoms with Gasteiger partial charge in [0.15, 0.2) is 11.5 Å². The molecule has 0 aliphatic heterocycles. The van der Waals surface area contributed by atoms with Gasteiger partial charge in [-0.05, 0) is 35.9 Å². The van der Waals surface area contributed by atoms with Gasteiger partial charge in [-0.15, -0.1) is 0 Å². The van der Waals surface area contributed by atoms with E-state index in [9.17, 15) is 13.6 Å². The molecular weight excluding hydrogens is 328 g/mol. The Hall–Kier alpha value is -3.42. The van der Waals surface area contributed by atoms with Gasteiger partial charge in [0.25, 0.3) is 5.91 Å². The Morgan fingerprint density at radius 3 is 2.48 bits per heavy atom. The van der Waals surface area contributed by atoms with Crippen molar-refractivity contribution in [3.05, 3.63) is 83.6 Å². The number of hydrogen-bond acceptors (Lipinski definition) is 5. The summed E-state index contributed by atoms with van der Waals surface area (Å²) in [6.07, 6.45) is 5.64. The molecule has 0 bridgehead atoms. The maximum atomic E-state index is 14.3. The Kier molecular flexibility index (Phi) is 4.60. The van der Waals surface area contributed by atoms with E-state index in [0.717, 1.165) is 18.2 Å². The minimum atomic E-state index is -0.951. The van der Waals surface area contributed by atoms with Crippen molar-refractivity contribution in [1.82, 2.24) is 20.3 Å². The molecule has 2 aromatic heterocycles. The number of carbonyl (C=O) groups excluding carboxylic acids is 1. The average Bonchev–Trinajstić information content (AvgIpc) is 2.63. The molecule has 1 aromatic carbocycles. The Labute approximate surface area is 141 Å². The van der Waals surface area contributed by atoms with Crippen LogP contribution in [-0.4, -0.2) is 20.9 Å². The van der Waals surface area contributed by atoms with Crippen molar-refractivity contribution < 1.29 is 13.6 Å². The normalized spacial score (nSPS) is 11.8. The Morgan fingerprint density at radius 2 is 1.76 bits per heavy atom. The number of nitrogens with two attached hydrogens (primary N) is 1. The van der Waals surface area contributed by atoms with E-state index in [0.29, 0.717) is 5.56 Å². The van der Waals surface area contributed by atoms with Gasteiger partial charge in [-0.1, -0.05) is 0 Å². The second kappa shape index (κ2) is 7.00. The van der Waals surface area contributed by atoms with Crippen LogP contribution >= 0.6 is 0 Å². The number of hydrogen-bond donors (Lipinski definition) is 2. The molecule has 0 aliphatic rings. The molecule has 1 atom stereocenters. The summed E-state index contributed by atoms with van der Waals surface area (Å²) >= 11 is 0. The molecule has 25 heavy (non-hydrogen) atoms. The summed E-state index contributed by atoms with van der Waals surface area (Å²) in [4.78, 5) is 24.1. The summed E-state index contributed by atoms with van der Waals surface area (Å²) in [5, 5.41) is 2.62. The molecule has 0 spiro atoms. The molecule has 0 radical (unpaired) electrons. The Morgan fingerprint density at radius 1 is 1.04 bits per heavy atom. The third kappa shape index (κ3) is 3.57. The van der Waals surface area contributed by atoms with Crippen LogP contribution in [-0.2, 0) is 0 Å². The van der Waals surface area contributed by atoms with Crippen LogP contribution in [0.25, 0.3) is 0 Å². The third-order valence-corrected chi connectivity index (χ3v) is 3.53. The van der Waals surface area contributed by atoms with Gasteiger partial charge in [0.05, 0.1) is 6.04 Å². The van der Waals surface area contributed by atoms with Gasteiger partial charge in [-0.25, -0.2) is 18.7 Å². The van der Waals surface area contributed by atoms with E-state index < -0.39 is 23.6 Å². The largest absolute Gasteiger partial charge is 0.382 e. The van der Waals surface area contributed by atoms with Crippen molar-refractivity contribution in [2.24, 2.45) is 0 Å². The lowest BCUT2D eigenvalue weighted by molar-refractivity contribution is 0.0938. The number of benzene rings is 1. The highest BCUT2D eigenvalue weighted by Gasteiger charge is 2.23. The summed E-state index contributed by atoms with van der Waals surface area (Å²) < 4.78 is 27.9. The molecule has 0 aliphatic carbocycles. The topological polar surface area (TPSA) is 93.8 Å². The molecule has 1 unspecified atom stereocenters. The van der Waals surface area contributed by atoms with E-state index >= 15 is 0 Å². The number of nitrogen functional groups attached to an aromatic ring is 1. The first-order valence-corrected chi connectivity index (χ1v) is 7.28. The van der Waals surface area contributed by atoms with Gasteiger partial charge in [-0.3, -0.25) is 9.78 Å². The highest BCUT2D eigenvalue weighted by atomic mass is 19.1. The predicted octanol–water partition coefficient (Wildman–Crippen LogP) is 2.25. The zero-order valence-corrected chi connectivity index (χ0v) is 12.9. The van der Waals surface area contributed by atoms with Gasteiger partial charge < -0.3 is 11.1 Å². The van der Waals surface area contributed by atoms with Crippen LogP contribution in [0.2, 0.25) is 0 Å². The molecule has 8 heteroatoms. The molecule has 3 N–H and O–H groups in total. The summed E-state index contributed by atoms with van der Waals surface area (Å²) in [6, 6.07) is 5.27. The lowest BCUT2D eigenvalue weighted by Gasteiger charge is -2.20. The van der Waals surface area contributed by atoms with Crippen molar-refractivity contribution >= 4 is 11.7 Å². The van der Waals surface area contributed by atoms with Crippen molar-refractivity contribution in [3.8, 4) is 0 Å². The average molecular weight is 341 g/mol. The predicted molar refractivity (Wildman–Crippen MR) is 86.3 cm³/mol. The molecule has 6 nitrogen and oxygen atoms in total. The number of pyridine rings is 1. The fourth-order valence-corrected chi connectivity index (χ4v) is 2.36. The minimum absolute atomic E-state index is 0.0259. The standard InChI is InChI=1S/C17H13F2N5O/c18-11-1-2-13(19)12(9-11)14(10-3-5-21-6-4-10)24-17(25)15-16(20)23-8-7-22-15/h1-9,14H,(H2,20,23)(H,24,25). The first-order chi connectivity index (χ1) is 12.1. The number of halogens is 2. The molecule has 0 saturated carbocycles. The van der Waals surface area contributed by atoms with Gasteiger partial charge in [0, 0.05) is 30.4 Å². The van der Waals surface area contributed by atoms with Crippen LogP contribution in [0.3, 0.4) is 0 Å². The second-order valence-electron chi connectivity index (χ2n) is 5.14. The van der Waals surface area contributed by atoms with Crippen molar-refractivity contribution in [2.75, 3.05) is 5.73 Å². The number of nitrogens with one attached hydrogen (secondary N) is 1. The lowest BCUT2D eigenvalue weighted by Crippen LogP contribution is -2.31. The molecular formula is C17H13F2N5O. The number of carbonyl (C=O) groups is 1. The number of rotatable bonds is 4. The zero-order valence-electron chi connectivity index (χ0n) is 12.9. The quantitative estimate of drug-likeness (QED) is 0.759. The maximum absolute atomic E-state index is 14.3. The number of anilines is 1. The molecule has 126 valence electrons. The molecule has 1 amide bonds. The first kappa shape index (κ1) is 16.4. The van der Waals surface area contributed by atoms with Crippen LogP contribution in [0, 0.1) is 11.6 Å². The number of nitrogens with zero attached hydrogens (tertiary/aromatic N) is 3. The van der Waals surface area contributed by atoms with Crippen LogP contribution < -0.4 is 11.1 Å². The number of amides is 1. The minimum Gasteiger partial charge on any atom is -0.382 e. The second-order valence-corrected chi connectivity index (χ2v) is 5.14. The maximum Gasteiger partial charge on any atom is 0.274 e. The monoisotopic (exact) mass is 341 g/mol. The number of aromatic nitrogens is 3. The van der Waals surface area contributed by atoms with Crippen molar-refractivity contribution in [3.63, 3.8) is 0 Å². The summed E-state index contributed by atoms with van der Waals surface area (Å²) in [6.45, 7) is 0. The SMILES string of the molecule is Nc1nccnc1C(=O)NC(c1ccncc1)c1cc(F)ccc1F. The molecule has 3 aromatic rings. The van der Waals surface area contributed by atoms with E-state index in [1.54, 1.807) is 12.1 Å². The lowest BCUT2D eigenvalue weighted by atomic mass is 9.98. The van der Waals surface area contributed by atoms with E-state index in [1.165, 1.54) is 24.8 Å². The van der Waals surface area contributed by atoms with Crippen molar-refractivity contribution in [2.45, 2.75) is 6.04 Å². The van der Waals surface area contributed by atoms with E-state index in [2.05, 4.69) is 20.3 Å². The molecule has 3 rings (SSSR count). The van der Waals surface area contributed by atoms with Gasteiger partial charge in [0.2, 0.25) is 0 Å². The van der Waals surface area contributed by atoms with Gasteiger partial charge in [0.1, 0.15) is 11.6 Å². The van der Waals surface area contributed by atoms with E-state index in [1.807, 2.05) is 0 Å². The first-order valence-electron chi connectivity index (χ1n) is 7.28.